The number of carbonyl (C=O) groups is 2. The molecule has 1 saturated heterocycles. The number of anilines is 2. The Morgan fingerprint density at radius 1 is 1.20 bits per heavy atom. The number of amides is 2. The Kier molecular flexibility index (Phi) is 4.99. The van der Waals surface area contributed by atoms with Gasteiger partial charge in [-0.2, -0.15) is 0 Å². The van der Waals surface area contributed by atoms with Crippen molar-refractivity contribution in [2.24, 2.45) is 5.73 Å². The minimum Gasteiger partial charge on any atom is -0.369 e. The molecule has 0 atom stereocenters. The molecule has 25 heavy (non-hydrogen) atoms. The van der Waals surface area contributed by atoms with Crippen LogP contribution in [0.3, 0.4) is 0 Å². The first-order valence-electron chi connectivity index (χ1n) is 8.11. The summed E-state index contributed by atoms with van der Waals surface area (Å²) in [7, 11) is 0. The van der Waals surface area contributed by atoms with Crippen LogP contribution in [-0.4, -0.2) is 54.6 Å². The van der Waals surface area contributed by atoms with Gasteiger partial charge in [0.1, 0.15) is 5.76 Å². The molecule has 3 N–H and O–H groups in total. The molecule has 8 heteroatoms. The van der Waals surface area contributed by atoms with Crippen LogP contribution in [0.4, 0.5) is 11.5 Å². The molecular weight excluding hydrogens is 322 g/mol. The summed E-state index contributed by atoms with van der Waals surface area (Å²) >= 11 is 0. The average Bonchev–Trinajstić information content (AvgIpc) is 3.00. The van der Waals surface area contributed by atoms with E-state index < -0.39 is 5.91 Å². The van der Waals surface area contributed by atoms with Crippen molar-refractivity contribution in [3.8, 4) is 0 Å². The average molecular weight is 343 g/mol. The van der Waals surface area contributed by atoms with Crippen molar-refractivity contribution in [1.29, 1.82) is 0 Å². The second-order valence-electron chi connectivity index (χ2n) is 6.05. The van der Waals surface area contributed by atoms with Crippen molar-refractivity contribution in [2.75, 3.05) is 42.9 Å². The van der Waals surface area contributed by atoms with Crippen molar-refractivity contribution < 1.29 is 14.1 Å². The number of benzene rings is 1. The molecule has 1 aliphatic heterocycles. The quantitative estimate of drug-likeness (QED) is 0.834. The van der Waals surface area contributed by atoms with Crippen molar-refractivity contribution in [3.63, 3.8) is 0 Å². The Morgan fingerprint density at radius 3 is 2.44 bits per heavy atom. The van der Waals surface area contributed by atoms with Gasteiger partial charge in [0.05, 0.1) is 6.54 Å². The molecule has 1 aliphatic rings. The van der Waals surface area contributed by atoms with Crippen molar-refractivity contribution in [2.45, 2.75) is 6.92 Å². The Balaban J connectivity index is 1.48. The summed E-state index contributed by atoms with van der Waals surface area (Å²) in [5.74, 6) is 0.569. The monoisotopic (exact) mass is 343 g/mol. The number of nitrogens with one attached hydrogen (secondary N) is 1. The van der Waals surface area contributed by atoms with E-state index in [4.69, 9.17) is 10.3 Å². The Hall–Kier alpha value is -2.87. The van der Waals surface area contributed by atoms with Gasteiger partial charge in [-0.1, -0.05) is 5.16 Å². The molecule has 0 saturated carbocycles. The van der Waals surface area contributed by atoms with Crippen LogP contribution < -0.4 is 16.0 Å². The zero-order valence-corrected chi connectivity index (χ0v) is 14.1. The number of nitrogens with zero attached hydrogens (tertiary/aromatic N) is 3. The number of piperazine rings is 1. The number of rotatable bonds is 5. The molecule has 0 unspecified atom stereocenters. The fraction of sp³-hybridized carbons (Fsp3) is 0.353. The van der Waals surface area contributed by atoms with E-state index in [1.54, 1.807) is 25.1 Å². The first-order valence-corrected chi connectivity index (χ1v) is 8.11. The molecule has 132 valence electrons. The largest absolute Gasteiger partial charge is 0.369 e. The molecule has 2 amide bonds. The maximum absolute atomic E-state index is 12.1. The fourth-order valence-corrected chi connectivity index (χ4v) is 2.81. The maximum Gasteiger partial charge on any atom is 0.248 e. The van der Waals surface area contributed by atoms with Gasteiger partial charge in [-0.3, -0.25) is 14.5 Å². The molecule has 1 fully saturated rings. The third-order valence-electron chi connectivity index (χ3n) is 4.15. The minimum atomic E-state index is -0.426. The van der Waals surface area contributed by atoms with Crippen LogP contribution in [0.5, 0.6) is 0 Å². The van der Waals surface area contributed by atoms with Crippen molar-refractivity contribution in [1.82, 2.24) is 10.1 Å². The topological polar surface area (TPSA) is 105 Å². The Bertz CT molecular complexity index is 748. The highest BCUT2D eigenvalue weighted by molar-refractivity contribution is 5.93. The van der Waals surface area contributed by atoms with Gasteiger partial charge in [0.25, 0.3) is 0 Å². The van der Waals surface area contributed by atoms with Crippen LogP contribution in [0.2, 0.25) is 0 Å². The van der Waals surface area contributed by atoms with Crippen LogP contribution >= 0.6 is 0 Å². The van der Waals surface area contributed by atoms with Gasteiger partial charge in [0, 0.05) is 43.5 Å². The van der Waals surface area contributed by atoms with E-state index in [2.05, 4.69) is 20.3 Å². The number of nitrogens with two attached hydrogens (primary N) is 1. The molecule has 2 aromatic rings. The van der Waals surface area contributed by atoms with Gasteiger partial charge in [-0.25, -0.2) is 0 Å². The predicted molar refractivity (Wildman–Crippen MR) is 93.5 cm³/mol. The summed E-state index contributed by atoms with van der Waals surface area (Å²) in [5, 5.41) is 6.48. The molecule has 0 radical (unpaired) electrons. The highest BCUT2D eigenvalue weighted by Crippen LogP contribution is 2.17. The SMILES string of the molecule is Cc1cc(NC(=O)CN2CCN(c3ccc(C(N)=O)cc3)CC2)no1. The number of carbonyl (C=O) groups excluding carboxylic acids is 2. The zero-order valence-electron chi connectivity index (χ0n) is 14.1. The van der Waals surface area contributed by atoms with E-state index in [9.17, 15) is 9.59 Å². The summed E-state index contributed by atoms with van der Waals surface area (Å²) in [6, 6.07) is 8.95. The second-order valence-corrected chi connectivity index (χ2v) is 6.05. The summed E-state index contributed by atoms with van der Waals surface area (Å²) in [6.07, 6.45) is 0. The van der Waals surface area contributed by atoms with Gasteiger partial charge < -0.3 is 20.5 Å². The first-order chi connectivity index (χ1) is 12.0. The lowest BCUT2D eigenvalue weighted by Gasteiger charge is -2.35. The summed E-state index contributed by atoms with van der Waals surface area (Å²) in [6.45, 7) is 5.28. The van der Waals surface area contributed by atoms with E-state index in [0.717, 1.165) is 31.9 Å². The van der Waals surface area contributed by atoms with Crippen LogP contribution in [-0.2, 0) is 4.79 Å². The van der Waals surface area contributed by atoms with Gasteiger partial charge in [-0.05, 0) is 31.2 Å². The number of hydrogen-bond donors (Lipinski definition) is 2. The molecule has 0 bridgehead atoms. The van der Waals surface area contributed by atoms with Gasteiger partial charge in [0.2, 0.25) is 11.8 Å². The van der Waals surface area contributed by atoms with Crippen molar-refractivity contribution >= 4 is 23.3 Å². The van der Waals surface area contributed by atoms with E-state index in [1.807, 2.05) is 12.1 Å². The van der Waals surface area contributed by atoms with Gasteiger partial charge in [-0.15, -0.1) is 0 Å². The Morgan fingerprint density at radius 2 is 1.88 bits per heavy atom. The van der Waals surface area contributed by atoms with E-state index in [0.29, 0.717) is 23.7 Å². The van der Waals surface area contributed by atoms with Crippen LogP contribution in [0.1, 0.15) is 16.1 Å². The molecule has 1 aromatic heterocycles. The van der Waals surface area contributed by atoms with E-state index in [-0.39, 0.29) is 5.91 Å². The molecule has 8 nitrogen and oxygen atoms in total. The van der Waals surface area contributed by atoms with Crippen molar-refractivity contribution in [3.05, 3.63) is 41.7 Å². The zero-order chi connectivity index (χ0) is 17.8. The third-order valence-corrected chi connectivity index (χ3v) is 4.15. The maximum atomic E-state index is 12.1. The lowest BCUT2D eigenvalue weighted by atomic mass is 10.1. The van der Waals surface area contributed by atoms with E-state index >= 15 is 0 Å². The Labute approximate surface area is 145 Å². The lowest BCUT2D eigenvalue weighted by Crippen LogP contribution is -2.48. The van der Waals surface area contributed by atoms with E-state index in [1.165, 1.54) is 0 Å². The molecular formula is C17H21N5O3. The third kappa shape index (κ3) is 4.36. The highest BCUT2D eigenvalue weighted by Gasteiger charge is 2.19. The van der Waals surface area contributed by atoms with Gasteiger partial charge >= 0.3 is 0 Å². The number of primary amides is 1. The summed E-state index contributed by atoms with van der Waals surface area (Å²) in [5.41, 5.74) is 6.81. The first kappa shape index (κ1) is 17.0. The van der Waals surface area contributed by atoms with Crippen LogP contribution in [0.15, 0.2) is 34.9 Å². The van der Waals surface area contributed by atoms with Crippen LogP contribution in [0.25, 0.3) is 0 Å². The molecule has 1 aromatic carbocycles. The fourth-order valence-electron chi connectivity index (χ4n) is 2.81. The second kappa shape index (κ2) is 7.35. The molecule has 0 aliphatic carbocycles. The smallest absolute Gasteiger partial charge is 0.248 e. The summed E-state index contributed by atoms with van der Waals surface area (Å²) < 4.78 is 4.93. The van der Waals surface area contributed by atoms with Crippen LogP contribution in [0, 0.1) is 6.92 Å². The van der Waals surface area contributed by atoms with Gasteiger partial charge in [0.15, 0.2) is 5.82 Å². The highest BCUT2D eigenvalue weighted by atomic mass is 16.5. The predicted octanol–water partition coefficient (Wildman–Crippen LogP) is 0.843. The molecule has 0 spiro atoms. The lowest BCUT2D eigenvalue weighted by molar-refractivity contribution is -0.117. The number of aryl methyl sites for hydroxylation is 1. The normalized spacial score (nSPS) is 15.2. The molecule has 3 rings (SSSR count). The molecule has 2 heterocycles. The summed E-state index contributed by atoms with van der Waals surface area (Å²) in [4.78, 5) is 27.5. The number of hydrogen-bond acceptors (Lipinski definition) is 6. The standard InChI is InChI=1S/C17H21N5O3/c1-12-10-15(20-25-12)19-16(23)11-21-6-8-22(9-7-21)14-4-2-13(3-5-14)17(18)24/h2-5,10H,6-9,11H2,1H3,(H2,18,24)(H,19,20,23). The number of aromatic nitrogens is 1. The minimum absolute atomic E-state index is 0.104.